The number of para-hydroxylation sites is 2. The topological polar surface area (TPSA) is 122 Å². The Labute approximate surface area is 230 Å². The molecule has 0 bridgehead atoms. The van der Waals surface area contributed by atoms with Crippen LogP contribution in [0.4, 0.5) is 16.0 Å². The lowest BCUT2D eigenvalue weighted by Gasteiger charge is -2.09. The number of nitrogens with one attached hydrogen (secondary N) is 2. The molecule has 4 N–H and O–H groups in total. The third-order valence-corrected chi connectivity index (χ3v) is 5.68. The summed E-state index contributed by atoms with van der Waals surface area (Å²) >= 11 is 6.61. The molecular formula is C25H24Br2FN5O4. The summed E-state index contributed by atoms with van der Waals surface area (Å²) in [6.07, 6.45) is 0. The molecule has 0 aliphatic rings. The molecule has 9 nitrogen and oxygen atoms in total. The van der Waals surface area contributed by atoms with Crippen LogP contribution in [0.1, 0.15) is 11.1 Å². The average Bonchev–Trinajstić information content (AvgIpc) is 2.89. The summed E-state index contributed by atoms with van der Waals surface area (Å²) in [5, 5.41) is 25.3. The predicted molar refractivity (Wildman–Crippen MR) is 146 cm³/mol. The van der Waals surface area contributed by atoms with Gasteiger partial charge in [-0.05, 0) is 34.1 Å². The van der Waals surface area contributed by atoms with E-state index in [1.165, 1.54) is 20.3 Å². The van der Waals surface area contributed by atoms with Crippen molar-refractivity contribution >= 4 is 43.5 Å². The molecule has 194 valence electrons. The highest BCUT2D eigenvalue weighted by Gasteiger charge is 2.08. The van der Waals surface area contributed by atoms with Gasteiger partial charge >= 0.3 is 6.01 Å². The number of aromatic nitrogens is 3. The average molecular weight is 637 g/mol. The van der Waals surface area contributed by atoms with Gasteiger partial charge in [0.15, 0.2) is 11.6 Å². The molecule has 0 aliphatic carbocycles. The van der Waals surface area contributed by atoms with Crippen molar-refractivity contribution in [2.45, 2.75) is 13.1 Å². The second kappa shape index (κ2) is 13.6. The predicted octanol–water partition coefficient (Wildman–Crippen LogP) is 5.87. The number of methoxy groups -OCH3 is 2. The first-order chi connectivity index (χ1) is 17.8. The summed E-state index contributed by atoms with van der Waals surface area (Å²) < 4.78 is 24.6. The van der Waals surface area contributed by atoms with Crippen molar-refractivity contribution in [3.05, 3.63) is 86.7 Å². The van der Waals surface area contributed by atoms with Gasteiger partial charge in [0.25, 0.3) is 0 Å². The minimum Gasteiger partial charge on any atom is -0.508 e. The number of nitrogens with zero attached hydrogens (tertiary/aromatic N) is 3. The Hall–Kier alpha value is -3.64. The second-order valence-electron chi connectivity index (χ2n) is 7.36. The first-order valence-corrected chi connectivity index (χ1v) is 12.4. The number of ether oxygens (including phenoxy) is 2. The number of halogens is 3. The summed E-state index contributed by atoms with van der Waals surface area (Å²) in [7, 11) is 3.03. The smallest absolute Gasteiger partial charge is 0.319 e. The zero-order valence-electron chi connectivity index (χ0n) is 19.9. The SMILES string of the molecule is COc1cc(Br)cc(NCc2cccc(F)c2O)n1.COc1nc(Br)cc(NCc2ccccc2O)n1. The monoisotopic (exact) mass is 635 g/mol. The van der Waals surface area contributed by atoms with Gasteiger partial charge in [0, 0.05) is 40.8 Å². The van der Waals surface area contributed by atoms with Crippen molar-refractivity contribution in [2.75, 3.05) is 24.9 Å². The summed E-state index contributed by atoms with van der Waals surface area (Å²) in [6.45, 7) is 0.732. The van der Waals surface area contributed by atoms with Crippen LogP contribution in [0.2, 0.25) is 0 Å². The van der Waals surface area contributed by atoms with Gasteiger partial charge in [-0.15, -0.1) is 0 Å². The van der Waals surface area contributed by atoms with E-state index in [-0.39, 0.29) is 24.1 Å². The molecule has 2 aromatic carbocycles. The van der Waals surface area contributed by atoms with Crippen LogP contribution < -0.4 is 20.1 Å². The van der Waals surface area contributed by atoms with E-state index in [0.29, 0.717) is 34.2 Å². The highest BCUT2D eigenvalue weighted by atomic mass is 79.9. The minimum absolute atomic E-state index is 0.255. The molecule has 37 heavy (non-hydrogen) atoms. The molecule has 0 atom stereocenters. The number of phenolic OH excluding ortho intramolecular Hbond substituents is 2. The molecule has 4 aromatic rings. The van der Waals surface area contributed by atoms with Gasteiger partial charge in [0.05, 0.1) is 14.2 Å². The van der Waals surface area contributed by atoms with E-state index in [1.807, 2.05) is 12.1 Å². The van der Waals surface area contributed by atoms with E-state index in [2.05, 4.69) is 57.4 Å². The molecule has 2 heterocycles. The molecule has 12 heteroatoms. The second-order valence-corrected chi connectivity index (χ2v) is 9.09. The summed E-state index contributed by atoms with van der Waals surface area (Å²) in [5.74, 6) is 0.910. The summed E-state index contributed by atoms with van der Waals surface area (Å²) in [6, 6.07) is 17.0. The standard InChI is InChI=1S/C13H12BrFN2O2.C12H12BrN3O2/c1-19-12-6-9(14)5-11(17-12)16-7-8-3-2-4-10(15)13(8)18;1-18-12-15-10(13)6-11(16-12)14-7-8-4-2-3-5-9(8)17/h2-6,18H,7H2,1H3,(H,16,17);2-6,17H,7H2,1H3,(H,14,15,16). The lowest BCUT2D eigenvalue weighted by Crippen LogP contribution is -2.03. The maximum atomic E-state index is 13.2. The van der Waals surface area contributed by atoms with E-state index < -0.39 is 5.82 Å². The quantitative estimate of drug-likeness (QED) is 0.176. The highest BCUT2D eigenvalue weighted by Crippen LogP contribution is 2.24. The lowest BCUT2D eigenvalue weighted by atomic mass is 10.2. The first kappa shape index (κ1) is 27.9. The van der Waals surface area contributed by atoms with Gasteiger partial charge < -0.3 is 30.3 Å². The molecule has 0 amide bonds. The van der Waals surface area contributed by atoms with Crippen LogP contribution in [-0.2, 0) is 13.1 Å². The fourth-order valence-electron chi connectivity index (χ4n) is 2.98. The Bertz CT molecular complexity index is 1350. The minimum atomic E-state index is -0.640. The van der Waals surface area contributed by atoms with E-state index in [0.717, 1.165) is 10.0 Å². The Morgan fingerprint density at radius 2 is 1.49 bits per heavy atom. The number of aromatic hydroxyl groups is 2. The Morgan fingerprint density at radius 3 is 2.19 bits per heavy atom. The van der Waals surface area contributed by atoms with E-state index >= 15 is 0 Å². The van der Waals surface area contributed by atoms with Gasteiger partial charge in [0.2, 0.25) is 5.88 Å². The molecule has 0 aliphatic heterocycles. The molecule has 0 spiro atoms. The molecule has 4 rings (SSSR count). The van der Waals surface area contributed by atoms with Crippen LogP contribution in [0.25, 0.3) is 0 Å². The maximum absolute atomic E-state index is 13.2. The normalized spacial score (nSPS) is 10.2. The zero-order chi connectivity index (χ0) is 26.8. The van der Waals surface area contributed by atoms with Gasteiger partial charge in [0.1, 0.15) is 22.0 Å². The molecule has 0 saturated carbocycles. The Morgan fingerprint density at radius 1 is 0.811 bits per heavy atom. The van der Waals surface area contributed by atoms with E-state index in [1.54, 1.807) is 42.5 Å². The number of anilines is 2. The van der Waals surface area contributed by atoms with Crippen molar-refractivity contribution < 1.29 is 24.1 Å². The molecule has 2 aromatic heterocycles. The van der Waals surface area contributed by atoms with Gasteiger partial charge in [-0.3, -0.25) is 0 Å². The Balaban J connectivity index is 0.000000206. The third-order valence-electron chi connectivity index (χ3n) is 4.81. The van der Waals surface area contributed by atoms with Crippen LogP contribution in [0.5, 0.6) is 23.4 Å². The number of hydrogen-bond acceptors (Lipinski definition) is 9. The number of pyridine rings is 1. The Kier molecular flexibility index (Phi) is 10.3. The van der Waals surface area contributed by atoms with Crippen LogP contribution in [0.15, 0.2) is 69.7 Å². The van der Waals surface area contributed by atoms with Crippen molar-refractivity contribution in [3.8, 4) is 23.4 Å². The first-order valence-electron chi connectivity index (χ1n) is 10.8. The van der Waals surface area contributed by atoms with Crippen LogP contribution in [0, 0.1) is 5.82 Å². The number of benzene rings is 2. The van der Waals surface area contributed by atoms with Gasteiger partial charge in [-0.2, -0.15) is 15.0 Å². The van der Waals surface area contributed by atoms with Crippen molar-refractivity contribution in [2.24, 2.45) is 0 Å². The molecule has 0 fully saturated rings. The fourth-order valence-corrected chi connectivity index (χ4v) is 3.76. The summed E-state index contributed by atoms with van der Waals surface area (Å²) in [4.78, 5) is 12.3. The van der Waals surface area contributed by atoms with Crippen LogP contribution in [0.3, 0.4) is 0 Å². The number of phenols is 2. The summed E-state index contributed by atoms with van der Waals surface area (Å²) in [5.41, 5.74) is 1.26. The van der Waals surface area contributed by atoms with Crippen molar-refractivity contribution in [1.29, 1.82) is 0 Å². The van der Waals surface area contributed by atoms with E-state index in [4.69, 9.17) is 9.47 Å². The lowest BCUT2D eigenvalue weighted by molar-refractivity contribution is 0.379. The van der Waals surface area contributed by atoms with E-state index in [9.17, 15) is 14.6 Å². The molecular weight excluding hydrogens is 613 g/mol. The van der Waals surface area contributed by atoms with Crippen LogP contribution >= 0.6 is 31.9 Å². The largest absolute Gasteiger partial charge is 0.508 e. The molecule has 0 saturated heterocycles. The number of hydrogen-bond donors (Lipinski definition) is 4. The van der Waals surface area contributed by atoms with Gasteiger partial charge in [-0.25, -0.2) is 4.39 Å². The van der Waals surface area contributed by atoms with Crippen LogP contribution in [-0.4, -0.2) is 39.4 Å². The third kappa shape index (κ3) is 8.46. The van der Waals surface area contributed by atoms with Gasteiger partial charge in [-0.1, -0.05) is 46.3 Å². The molecule has 0 unspecified atom stereocenters. The van der Waals surface area contributed by atoms with Crippen molar-refractivity contribution in [1.82, 2.24) is 15.0 Å². The fraction of sp³-hybridized carbons (Fsp3) is 0.160. The zero-order valence-corrected chi connectivity index (χ0v) is 23.0. The molecule has 0 radical (unpaired) electrons. The highest BCUT2D eigenvalue weighted by molar-refractivity contribution is 9.10. The maximum Gasteiger partial charge on any atom is 0.319 e. The number of rotatable bonds is 8. The van der Waals surface area contributed by atoms with Crippen molar-refractivity contribution in [3.63, 3.8) is 0 Å².